The number of benzene rings is 1. The molecule has 0 saturated carbocycles. The molecule has 1 aliphatic rings. The van der Waals surface area contributed by atoms with E-state index in [1.165, 1.54) is 11.1 Å². The van der Waals surface area contributed by atoms with Crippen molar-refractivity contribution < 1.29 is 0 Å². The van der Waals surface area contributed by atoms with Crippen LogP contribution in [0.5, 0.6) is 0 Å². The van der Waals surface area contributed by atoms with Crippen molar-refractivity contribution >= 4 is 16.9 Å². The lowest BCUT2D eigenvalue weighted by Crippen LogP contribution is -2.30. The fourth-order valence-corrected chi connectivity index (χ4v) is 2.70. The van der Waals surface area contributed by atoms with Crippen molar-refractivity contribution in [1.82, 2.24) is 5.32 Å². The SMILES string of the molecule is Cc1cccc(CNC2=NCC(C)(C)CS2)c1. The number of nitrogens with zero attached hydrogens (tertiary/aromatic N) is 1. The maximum absolute atomic E-state index is 4.59. The minimum Gasteiger partial charge on any atom is -0.361 e. The molecule has 0 aliphatic carbocycles. The van der Waals surface area contributed by atoms with Gasteiger partial charge in [0.05, 0.1) is 0 Å². The molecule has 0 unspecified atom stereocenters. The first-order valence-electron chi connectivity index (χ1n) is 6.02. The molecule has 1 N–H and O–H groups in total. The van der Waals surface area contributed by atoms with Gasteiger partial charge in [-0.2, -0.15) is 0 Å². The van der Waals surface area contributed by atoms with E-state index in [2.05, 4.69) is 55.3 Å². The van der Waals surface area contributed by atoms with Crippen LogP contribution in [0.4, 0.5) is 0 Å². The molecular weight excluding hydrogens is 228 g/mol. The largest absolute Gasteiger partial charge is 0.361 e. The Balaban J connectivity index is 1.89. The van der Waals surface area contributed by atoms with E-state index in [-0.39, 0.29) is 0 Å². The predicted molar refractivity (Wildman–Crippen MR) is 76.6 cm³/mol. The van der Waals surface area contributed by atoms with Gasteiger partial charge >= 0.3 is 0 Å². The van der Waals surface area contributed by atoms with Gasteiger partial charge in [0.25, 0.3) is 0 Å². The summed E-state index contributed by atoms with van der Waals surface area (Å²) in [4.78, 5) is 4.59. The van der Waals surface area contributed by atoms with E-state index in [1.807, 2.05) is 11.8 Å². The fourth-order valence-electron chi connectivity index (χ4n) is 1.75. The molecule has 0 atom stereocenters. The summed E-state index contributed by atoms with van der Waals surface area (Å²) < 4.78 is 0. The van der Waals surface area contributed by atoms with Gasteiger partial charge < -0.3 is 5.32 Å². The maximum Gasteiger partial charge on any atom is 0.156 e. The second-order valence-electron chi connectivity index (χ2n) is 5.42. The topological polar surface area (TPSA) is 24.4 Å². The van der Waals surface area contributed by atoms with Gasteiger partial charge in [-0.1, -0.05) is 55.4 Å². The molecule has 92 valence electrons. The Hall–Kier alpha value is -0.960. The summed E-state index contributed by atoms with van der Waals surface area (Å²) in [5.41, 5.74) is 2.97. The van der Waals surface area contributed by atoms with Gasteiger partial charge in [0.15, 0.2) is 5.17 Å². The molecule has 0 saturated heterocycles. The fraction of sp³-hybridized carbons (Fsp3) is 0.500. The molecule has 0 aromatic heterocycles. The number of hydrogen-bond donors (Lipinski definition) is 1. The van der Waals surface area contributed by atoms with Crippen LogP contribution in [0.15, 0.2) is 29.3 Å². The molecule has 1 heterocycles. The highest BCUT2D eigenvalue weighted by Crippen LogP contribution is 2.27. The third kappa shape index (κ3) is 3.77. The number of amidine groups is 1. The van der Waals surface area contributed by atoms with Crippen LogP contribution in [0.3, 0.4) is 0 Å². The second-order valence-corrected chi connectivity index (χ2v) is 6.38. The molecular formula is C14H20N2S. The third-order valence-electron chi connectivity index (χ3n) is 2.78. The van der Waals surface area contributed by atoms with Crippen LogP contribution in [0, 0.1) is 12.3 Å². The zero-order chi connectivity index (χ0) is 12.3. The minimum atomic E-state index is 0.346. The van der Waals surface area contributed by atoms with Gasteiger partial charge in [0.1, 0.15) is 0 Å². The van der Waals surface area contributed by atoms with Gasteiger partial charge in [-0.15, -0.1) is 0 Å². The normalized spacial score (nSPS) is 18.6. The number of aryl methyl sites for hydroxylation is 1. The average molecular weight is 248 g/mol. The molecule has 3 heteroatoms. The van der Waals surface area contributed by atoms with E-state index in [4.69, 9.17) is 0 Å². The van der Waals surface area contributed by atoms with E-state index in [0.717, 1.165) is 24.0 Å². The number of hydrogen-bond acceptors (Lipinski definition) is 3. The number of rotatable bonds is 2. The predicted octanol–water partition coefficient (Wildman–Crippen LogP) is 3.21. The molecule has 2 nitrogen and oxygen atoms in total. The first-order chi connectivity index (χ1) is 8.05. The zero-order valence-electron chi connectivity index (χ0n) is 10.8. The third-order valence-corrected chi connectivity index (χ3v) is 4.25. The first kappa shape index (κ1) is 12.5. The van der Waals surface area contributed by atoms with E-state index in [9.17, 15) is 0 Å². The van der Waals surface area contributed by atoms with Crippen LogP contribution in [-0.4, -0.2) is 17.5 Å². The van der Waals surface area contributed by atoms with E-state index in [1.54, 1.807) is 0 Å². The van der Waals surface area contributed by atoms with Crippen molar-refractivity contribution in [2.45, 2.75) is 27.3 Å². The molecule has 1 aromatic rings. The molecule has 0 bridgehead atoms. The van der Waals surface area contributed by atoms with Crippen molar-refractivity contribution in [2.24, 2.45) is 10.4 Å². The lowest BCUT2D eigenvalue weighted by atomic mass is 9.97. The molecule has 0 spiro atoms. The van der Waals surface area contributed by atoms with Crippen molar-refractivity contribution in [3.63, 3.8) is 0 Å². The van der Waals surface area contributed by atoms with Crippen LogP contribution < -0.4 is 5.32 Å². The summed E-state index contributed by atoms with van der Waals surface area (Å²) in [6.45, 7) is 8.45. The second kappa shape index (κ2) is 5.13. The Morgan fingerprint density at radius 1 is 1.41 bits per heavy atom. The van der Waals surface area contributed by atoms with Crippen LogP contribution in [-0.2, 0) is 6.54 Å². The zero-order valence-corrected chi connectivity index (χ0v) is 11.6. The molecule has 0 radical (unpaired) electrons. The van der Waals surface area contributed by atoms with Gasteiger partial charge in [-0.05, 0) is 17.9 Å². The summed E-state index contributed by atoms with van der Waals surface area (Å²) in [6, 6.07) is 8.59. The minimum absolute atomic E-state index is 0.346. The highest BCUT2D eigenvalue weighted by Gasteiger charge is 2.23. The maximum atomic E-state index is 4.59. The molecule has 1 aromatic carbocycles. The Labute approximate surface area is 108 Å². The quantitative estimate of drug-likeness (QED) is 0.869. The lowest BCUT2D eigenvalue weighted by Gasteiger charge is -2.27. The van der Waals surface area contributed by atoms with Gasteiger partial charge in [-0.3, -0.25) is 4.99 Å². The molecule has 0 amide bonds. The molecule has 1 aliphatic heterocycles. The van der Waals surface area contributed by atoms with Crippen LogP contribution in [0.25, 0.3) is 0 Å². The smallest absolute Gasteiger partial charge is 0.156 e. The standard InChI is InChI=1S/C14H20N2S/c1-11-5-4-6-12(7-11)8-15-13-16-9-14(2,3)10-17-13/h4-7H,8-10H2,1-3H3,(H,15,16). The average Bonchev–Trinajstić information content (AvgIpc) is 2.28. The lowest BCUT2D eigenvalue weighted by molar-refractivity contribution is 0.436. The summed E-state index contributed by atoms with van der Waals surface area (Å²) in [5, 5.41) is 4.50. The van der Waals surface area contributed by atoms with E-state index < -0.39 is 0 Å². The van der Waals surface area contributed by atoms with Crippen LogP contribution in [0.2, 0.25) is 0 Å². The molecule has 17 heavy (non-hydrogen) atoms. The molecule has 0 fully saturated rings. The Kier molecular flexibility index (Phi) is 3.77. The molecule has 2 rings (SSSR count). The number of nitrogens with one attached hydrogen (secondary N) is 1. The van der Waals surface area contributed by atoms with E-state index >= 15 is 0 Å². The monoisotopic (exact) mass is 248 g/mol. The first-order valence-corrected chi connectivity index (χ1v) is 7.00. The Bertz CT molecular complexity index is 424. The highest BCUT2D eigenvalue weighted by molar-refractivity contribution is 8.13. The van der Waals surface area contributed by atoms with Gasteiger partial charge in [-0.25, -0.2) is 0 Å². The summed E-state index contributed by atoms with van der Waals surface area (Å²) >= 11 is 1.83. The summed E-state index contributed by atoms with van der Waals surface area (Å²) in [7, 11) is 0. The van der Waals surface area contributed by atoms with Crippen LogP contribution >= 0.6 is 11.8 Å². The van der Waals surface area contributed by atoms with E-state index in [0.29, 0.717) is 5.41 Å². The van der Waals surface area contributed by atoms with Gasteiger partial charge in [0.2, 0.25) is 0 Å². The Morgan fingerprint density at radius 2 is 2.24 bits per heavy atom. The summed E-state index contributed by atoms with van der Waals surface area (Å²) in [6.07, 6.45) is 0. The van der Waals surface area contributed by atoms with Crippen molar-refractivity contribution in [3.05, 3.63) is 35.4 Å². The Morgan fingerprint density at radius 3 is 2.88 bits per heavy atom. The van der Waals surface area contributed by atoms with Crippen molar-refractivity contribution in [2.75, 3.05) is 12.3 Å². The summed E-state index contributed by atoms with van der Waals surface area (Å²) in [5.74, 6) is 1.15. The van der Waals surface area contributed by atoms with Crippen molar-refractivity contribution in [3.8, 4) is 0 Å². The highest BCUT2D eigenvalue weighted by atomic mass is 32.2. The number of thioether (sulfide) groups is 1. The van der Waals surface area contributed by atoms with Crippen LogP contribution in [0.1, 0.15) is 25.0 Å². The van der Waals surface area contributed by atoms with Gasteiger partial charge in [0, 0.05) is 18.8 Å². The number of aliphatic imine (C=N–C) groups is 1. The van der Waals surface area contributed by atoms with Crippen molar-refractivity contribution in [1.29, 1.82) is 0 Å².